The molecule has 33 heavy (non-hydrogen) atoms. The van der Waals surface area contributed by atoms with Crippen molar-refractivity contribution in [1.82, 2.24) is 0 Å². The van der Waals surface area contributed by atoms with Gasteiger partial charge >= 0.3 is 0 Å². The zero-order valence-corrected chi connectivity index (χ0v) is 19.4. The quantitative estimate of drug-likeness (QED) is 0.274. The molecule has 0 atom stereocenters. The van der Waals surface area contributed by atoms with E-state index >= 15 is 0 Å². The molecule has 6 rings (SSSR count). The van der Waals surface area contributed by atoms with Gasteiger partial charge in [0.15, 0.2) is 0 Å². The van der Waals surface area contributed by atoms with Crippen LogP contribution in [0.4, 0.5) is 0 Å². The number of rotatable bonds is 2. The average Bonchev–Trinajstić information content (AvgIpc) is 3.49. The number of benzene rings is 3. The summed E-state index contributed by atoms with van der Waals surface area (Å²) in [4.78, 5) is 0. The Kier molecular flexibility index (Phi) is 4.52. The molecular formula is C30H27N2O+. The van der Waals surface area contributed by atoms with E-state index in [2.05, 4.69) is 67.9 Å². The Morgan fingerprint density at radius 3 is 2.52 bits per heavy atom. The Morgan fingerprint density at radius 1 is 0.939 bits per heavy atom. The summed E-state index contributed by atoms with van der Waals surface area (Å²) in [5.74, 6) is 0.615. The Morgan fingerprint density at radius 2 is 1.73 bits per heavy atom. The van der Waals surface area contributed by atoms with Crippen molar-refractivity contribution in [3.05, 3.63) is 76.9 Å². The Hall–Kier alpha value is -3.64. The second-order valence-electron chi connectivity index (χ2n) is 9.54. The normalized spacial score (nSPS) is 14.5. The minimum absolute atomic E-state index is 0.615. The van der Waals surface area contributed by atoms with E-state index in [0.717, 1.165) is 27.5 Å². The molecule has 0 amide bonds. The maximum atomic E-state index is 9.37. The summed E-state index contributed by atoms with van der Waals surface area (Å²) in [6.45, 7) is 4.38. The Labute approximate surface area is 193 Å². The maximum Gasteiger partial charge on any atom is 0.217 e. The van der Waals surface area contributed by atoms with Gasteiger partial charge in [-0.3, -0.25) is 0 Å². The van der Waals surface area contributed by atoms with Gasteiger partial charge in [0.25, 0.3) is 0 Å². The first-order valence-corrected chi connectivity index (χ1v) is 11.9. The number of fused-ring (bicyclic) bond motifs is 4. The minimum atomic E-state index is 0.615. The van der Waals surface area contributed by atoms with Gasteiger partial charge in [-0.2, -0.15) is 9.83 Å². The van der Waals surface area contributed by atoms with Crippen LogP contribution in [0, 0.1) is 25.2 Å². The fourth-order valence-electron chi connectivity index (χ4n) is 5.79. The lowest BCUT2D eigenvalue weighted by molar-refractivity contribution is -0.633. The second kappa shape index (κ2) is 7.46. The van der Waals surface area contributed by atoms with Crippen LogP contribution >= 0.6 is 0 Å². The summed E-state index contributed by atoms with van der Waals surface area (Å²) in [6.07, 6.45) is 5.16. The van der Waals surface area contributed by atoms with Crippen molar-refractivity contribution >= 4 is 32.8 Å². The molecule has 0 N–H and O–H groups in total. The van der Waals surface area contributed by atoms with Crippen LogP contribution < -0.4 is 4.57 Å². The van der Waals surface area contributed by atoms with Crippen molar-refractivity contribution in [3.8, 4) is 17.3 Å². The summed E-state index contributed by atoms with van der Waals surface area (Å²) in [5, 5.41) is 12.9. The number of furan rings is 1. The van der Waals surface area contributed by atoms with Crippen LogP contribution in [0.2, 0.25) is 0 Å². The molecule has 1 fully saturated rings. The molecule has 0 aliphatic heterocycles. The molecule has 1 aliphatic rings. The van der Waals surface area contributed by atoms with E-state index in [0.29, 0.717) is 11.5 Å². The van der Waals surface area contributed by atoms with Gasteiger partial charge in [-0.25, -0.2) is 0 Å². The third-order valence-electron chi connectivity index (χ3n) is 7.69. The van der Waals surface area contributed by atoms with Crippen LogP contribution in [-0.4, -0.2) is 0 Å². The highest BCUT2D eigenvalue weighted by Gasteiger charge is 2.28. The van der Waals surface area contributed by atoms with E-state index in [1.807, 2.05) is 18.2 Å². The highest BCUT2D eigenvalue weighted by Crippen LogP contribution is 2.42. The van der Waals surface area contributed by atoms with Gasteiger partial charge in [0.1, 0.15) is 18.2 Å². The molecule has 1 saturated carbocycles. The smallest absolute Gasteiger partial charge is 0.217 e. The monoisotopic (exact) mass is 431 g/mol. The van der Waals surface area contributed by atoms with Crippen LogP contribution in [0.5, 0.6) is 0 Å². The number of aromatic nitrogens is 1. The van der Waals surface area contributed by atoms with E-state index in [9.17, 15) is 5.26 Å². The van der Waals surface area contributed by atoms with Crippen LogP contribution in [0.25, 0.3) is 44.1 Å². The SMILES string of the molecule is Cc1cc2c(oc3cc(C#N)ccc32)c(-c2cc(C3CCCC3)c3ccccc3[n+]2C)c1C. The predicted octanol–water partition coefficient (Wildman–Crippen LogP) is 7.38. The summed E-state index contributed by atoms with van der Waals surface area (Å²) in [5.41, 5.74) is 9.87. The minimum Gasteiger partial charge on any atom is -0.455 e. The van der Waals surface area contributed by atoms with E-state index in [1.165, 1.54) is 59.0 Å². The lowest BCUT2D eigenvalue weighted by Gasteiger charge is -2.16. The first-order valence-electron chi connectivity index (χ1n) is 11.9. The average molecular weight is 432 g/mol. The number of nitriles is 1. The molecular weight excluding hydrogens is 404 g/mol. The third-order valence-corrected chi connectivity index (χ3v) is 7.69. The maximum absolute atomic E-state index is 9.37. The van der Waals surface area contributed by atoms with Crippen LogP contribution in [0.1, 0.15) is 53.9 Å². The molecule has 2 heterocycles. The third kappa shape index (κ3) is 2.98. The number of hydrogen-bond acceptors (Lipinski definition) is 2. The molecule has 162 valence electrons. The van der Waals surface area contributed by atoms with Crippen molar-refractivity contribution in [3.63, 3.8) is 0 Å². The van der Waals surface area contributed by atoms with Crippen molar-refractivity contribution in [2.45, 2.75) is 45.4 Å². The number of hydrogen-bond donors (Lipinski definition) is 0. The standard InChI is InChI=1S/C30H27N2O/c1-18-14-25-23-13-12-20(17-31)15-28(23)33-30(25)29(19(18)2)27-16-24(21-8-4-5-9-21)22-10-6-7-11-26(22)32(27)3/h6-7,10-16,21H,4-5,8-9H2,1-3H3/q+1. The molecule has 0 saturated heterocycles. The summed E-state index contributed by atoms with van der Waals surface area (Å²) in [7, 11) is 2.17. The van der Waals surface area contributed by atoms with Crippen molar-refractivity contribution < 1.29 is 8.98 Å². The van der Waals surface area contributed by atoms with Gasteiger partial charge in [0, 0.05) is 28.3 Å². The molecule has 1 aliphatic carbocycles. The van der Waals surface area contributed by atoms with E-state index < -0.39 is 0 Å². The van der Waals surface area contributed by atoms with Gasteiger partial charge in [-0.05, 0) is 79.6 Å². The Bertz CT molecular complexity index is 1610. The molecule has 3 aromatic carbocycles. The topological polar surface area (TPSA) is 40.8 Å². The van der Waals surface area contributed by atoms with Crippen molar-refractivity contribution in [2.24, 2.45) is 7.05 Å². The van der Waals surface area contributed by atoms with Gasteiger partial charge in [-0.1, -0.05) is 25.0 Å². The number of para-hydroxylation sites is 1. The summed E-state index contributed by atoms with van der Waals surface area (Å²) < 4.78 is 8.81. The van der Waals surface area contributed by atoms with Crippen molar-refractivity contribution in [1.29, 1.82) is 5.26 Å². The molecule has 0 spiro atoms. The van der Waals surface area contributed by atoms with Gasteiger partial charge in [0.2, 0.25) is 11.2 Å². The van der Waals surface area contributed by atoms with Crippen LogP contribution in [0.3, 0.4) is 0 Å². The van der Waals surface area contributed by atoms with Crippen LogP contribution in [-0.2, 0) is 7.05 Å². The molecule has 0 bridgehead atoms. The van der Waals surface area contributed by atoms with E-state index in [4.69, 9.17) is 4.42 Å². The summed E-state index contributed by atoms with van der Waals surface area (Å²) >= 11 is 0. The predicted molar refractivity (Wildman–Crippen MR) is 133 cm³/mol. The highest BCUT2D eigenvalue weighted by molar-refractivity contribution is 6.10. The van der Waals surface area contributed by atoms with Gasteiger partial charge < -0.3 is 4.42 Å². The van der Waals surface area contributed by atoms with Gasteiger partial charge in [0.05, 0.1) is 17.2 Å². The van der Waals surface area contributed by atoms with Crippen LogP contribution in [0.15, 0.2) is 59.0 Å². The first kappa shape index (κ1) is 20.0. The largest absolute Gasteiger partial charge is 0.455 e. The number of pyridine rings is 1. The zero-order valence-electron chi connectivity index (χ0n) is 19.4. The Balaban J connectivity index is 1.73. The molecule has 5 aromatic rings. The second-order valence-corrected chi connectivity index (χ2v) is 9.54. The van der Waals surface area contributed by atoms with Crippen molar-refractivity contribution in [2.75, 3.05) is 0 Å². The summed E-state index contributed by atoms with van der Waals surface area (Å²) in [6, 6.07) is 21.4. The number of aryl methyl sites for hydroxylation is 2. The first-order chi connectivity index (χ1) is 16.1. The fraction of sp³-hybridized carbons (Fsp3) is 0.267. The van der Waals surface area contributed by atoms with Gasteiger partial charge in [-0.15, -0.1) is 0 Å². The highest BCUT2D eigenvalue weighted by atomic mass is 16.3. The fourth-order valence-corrected chi connectivity index (χ4v) is 5.79. The molecule has 3 heteroatoms. The number of nitrogens with zero attached hydrogens (tertiary/aromatic N) is 2. The zero-order chi connectivity index (χ0) is 22.7. The molecule has 0 unspecified atom stereocenters. The molecule has 3 nitrogen and oxygen atoms in total. The molecule has 0 radical (unpaired) electrons. The lowest BCUT2D eigenvalue weighted by atomic mass is 9.90. The molecule has 2 aromatic heterocycles. The lowest BCUT2D eigenvalue weighted by Crippen LogP contribution is -2.33. The van der Waals surface area contributed by atoms with E-state index in [-0.39, 0.29) is 0 Å². The van der Waals surface area contributed by atoms with E-state index in [1.54, 1.807) is 0 Å².